The van der Waals surface area contributed by atoms with Gasteiger partial charge in [-0.05, 0) is 35.9 Å². The highest BCUT2D eigenvalue weighted by atomic mass is 19.1. The lowest BCUT2D eigenvalue weighted by Gasteiger charge is -2.33. The molecule has 0 aromatic heterocycles. The van der Waals surface area contributed by atoms with E-state index in [1.165, 1.54) is 42.0 Å². The van der Waals surface area contributed by atoms with Crippen molar-refractivity contribution in [2.45, 2.75) is 6.42 Å². The minimum Gasteiger partial charge on any atom is -0.494 e. The number of hydrogen-bond donors (Lipinski definition) is 3. The molecule has 2 amide bonds. The summed E-state index contributed by atoms with van der Waals surface area (Å²) in [5, 5.41) is 0. The molecule has 164 valence electrons. The molecule has 0 spiro atoms. The molecule has 8 heteroatoms. The van der Waals surface area contributed by atoms with Crippen LogP contribution in [0.5, 0.6) is 5.75 Å². The SMILES string of the molecule is COc1ccc(/C=C/C(=O)NNC(=O)CC[NH+]2CCN(c3ccccc3)CC2)cc1F. The molecule has 31 heavy (non-hydrogen) atoms. The van der Waals surface area contributed by atoms with Crippen LogP contribution in [-0.2, 0) is 9.59 Å². The number of hydrogen-bond acceptors (Lipinski definition) is 4. The zero-order valence-corrected chi connectivity index (χ0v) is 17.6. The maximum Gasteiger partial charge on any atom is 0.262 e. The third kappa shape index (κ3) is 6.82. The van der Waals surface area contributed by atoms with Gasteiger partial charge in [-0.3, -0.25) is 20.4 Å². The van der Waals surface area contributed by atoms with E-state index >= 15 is 0 Å². The summed E-state index contributed by atoms with van der Waals surface area (Å²) in [6.45, 7) is 4.56. The Labute approximate surface area is 181 Å². The molecule has 1 aliphatic heterocycles. The Morgan fingerprint density at radius 3 is 2.55 bits per heavy atom. The number of halogens is 1. The fraction of sp³-hybridized carbons (Fsp3) is 0.304. The van der Waals surface area contributed by atoms with Crippen molar-refractivity contribution in [2.75, 3.05) is 44.7 Å². The molecular formula is C23H28FN4O3+. The highest BCUT2D eigenvalue weighted by Crippen LogP contribution is 2.18. The number of ether oxygens (including phenoxy) is 1. The topological polar surface area (TPSA) is 75.1 Å². The number of anilines is 1. The minimum absolute atomic E-state index is 0.137. The van der Waals surface area contributed by atoms with Gasteiger partial charge in [-0.2, -0.15) is 0 Å². The molecule has 0 aliphatic carbocycles. The van der Waals surface area contributed by atoms with Crippen molar-refractivity contribution < 1.29 is 23.6 Å². The van der Waals surface area contributed by atoms with Gasteiger partial charge < -0.3 is 14.5 Å². The molecule has 7 nitrogen and oxygen atoms in total. The van der Waals surface area contributed by atoms with Crippen LogP contribution >= 0.6 is 0 Å². The van der Waals surface area contributed by atoms with Crippen molar-refractivity contribution in [3.8, 4) is 5.75 Å². The first kappa shape index (κ1) is 22.3. The van der Waals surface area contributed by atoms with Crippen LogP contribution in [0.2, 0.25) is 0 Å². The smallest absolute Gasteiger partial charge is 0.262 e. The van der Waals surface area contributed by atoms with Crippen LogP contribution in [0.25, 0.3) is 6.08 Å². The molecule has 0 saturated carbocycles. The molecule has 0 unspecified atom stereocenters. The van der Waals surface area contributed by atoms with E-state index in [-0.39, 0.29) is 11.7 Å². The number of benzene rings is 2. The van der Waals surface area contributed by atoms with Gasteiger partial charge in [0.15, 0.2) is 11.6 Å². The van der Waals surface area contributed by atoms with Gasteiger partial charge in [0, 0.05) is 11.8 Å². The van der Waals surface area contributed by atoms with Crippen molar-refractivity contribution in [3.63, 3.8) is 0 Å². The largest absolute Gasteiger partial charge is 0.494 e. The summed E-state index contributed by atoms with van der Waals surface area (Å²) in [6.07, 6.45) is 3.02. The molecule has 1 aliphatic rings. The molecule has 3 rings (SSSR count). The predicted octanol–water partition coefficient (Wildman–Crippen LogP) is 0.790. The average Bonchev–Trinajstić information content (AvgIpc) is 2.81. The van der Waals surface area contributed by atoms with Crippen molar-refractivity contribution in [1.82, 2.24) is 10.9 Å². The van der Waals surface area contributed by atoms with Crippen molar-refractivity contribution in [2.24, 2.45) is 0 Å². The van der Waals surface area contributed by atoms with Gasteiger partial charge in [0.25, 0.3) is 5.91 Å². The van der Waals surface area contributed by atoms with Crippen molar-refractivity contribution in [1.29, 1.82) is 0 Å². The highest BCUT2D eigenvalue weighted by molar-refractivity contribution is 5.93. The first-order valence-corrected chi connectivity index (χ1v) is 10.3. The van der Waals surface area contributed by atoms with Gasteiger partial charge in [0.1, 0.15) is 0 Å². The Morgan fingerprint density at radius 2 is 1.87 bits per heavy atom. The number of amides is 2. The minimum atomic E-state index is -0.509. The lowest BCUT2D eigenvalue weighted by atomic mass is 10.2. The monoisotopic (exact) mass is 427 g/mol. The molecule has 2 aromatic carbocycles. The fourth-order valence-corrected chi connectivity index (χ4v) is 3.45. The lowest BCUT2D eigenvalue weighted by Crippen LogP contribution is -3.15. The van der Waals surface area contributed by atoms with E-state index in [1.807, 2.05) is 18.2 Å². The van der Waals surface area contributed by atoms with Crippen LogP contribution in [-0.4, -0.2) is 51.6 Å². The zero-order valence-electron chi connectivity index (χ0n) is 17.6. The van der Waals surface area contributed by atoms with Gasteiger partial charge in [-0.15, -0.1) is 0 Å². The van der Waals surface area contributed by atoms with Gasteiger partial charge in [0.05, 0.1) is 46.3 Å². The molecule has 0 bridgehead atoms. The summed E-state index contributed by atoms with van der Waals surface area (Å²) in [5.41, 5.74) is 6.50. The Balaban J connectivity index is 1.34. The molecule has 3 N–H and O–H groups in total. The number of nitrogens with zero attached hydrogens (tertiary/aromatic N) is 1. The number of quaternary nitrogens is 1. The van der Waals surface area contributed by atoms with Gasteiger partial charge in [0.2, 0.25) is 5.91 Å². The number of para-hydroxylation sites is 1. The molecule has 2 aromatic rings. The molecule has 0 atom stereocenters. The molecule has 1 heterocycles. The van der Waals surface area contributed by atoms with E-state index < -0.39 is 11.7 Å². The summed E-state index contributed by atoms with van der Waals surface area (Å²) in [7, 11) is 1.39. The summed E-state index contributed by atoms with van der Waals surface area (Å²) >= 11 is 0. The third-order valence-corrected chi connectivity index (χ3v) is 5.23. The van der Waals surface area contributed by atoms with Crippen LogP contribution in [0.3, 0.4) is 0 Å². The summed E-state index contributed by atoms with van der Waals surface area (Å²) in [5.74, 6) is -1.11. The summed E-state index contributed by atoms with van der Waals surface area (Å²) < 4.78 is 18.5. The van der Waals surface area contributed by atoms with Crippen molar-refractivity contribution in [3.05, 3.63) is 66.0 Å². The number of methoxy groups -OCH3 is 1. The van der Waals surface area contributed by atoms with Crippen LogP contribution in [0.15, 0.2) is 54.6 Å². The first-order valence-electron chi connectivity index (χ1n) is 10.3. The Morgan fingerprint density at radius 1 is 1.13 bits per heavy atom. The molecule has 0 radical (unpaired) electrons. The predicted molar refractivity (Wildman–Crippen MR) is 117 cm³/mol. The zero-order chi connectivity index (χ0) is 22.1. The van der Waals surface area contributed by atoms with E-state index in [0.29, 0.717) is 18.5 Å². The van der Waals surface area contributed by atoms with Crippen LogP contribution in [0.4, 0.5) is 10.1 Å². The van der Waals surface area contributed by atoms with Crippen LogP contribution < -0.4 is 25.4 Å². The Hall–Kier alpha value is -3.39. The summed E-state index contributed by atoms with van der Waals surface area (Å²) in [6, 6.07) is 14.7. The number of nitrogens with one attached hydrogen (secondary N) is 3. The van der Waals surface area contributed by atoms with Gasteiger partial charge >= 0.3 is 0 Å². The normalized spacial score (nSPS) is 14.5. The highest BCUT2D eigenvalue weighted by Gasteiger charge is 2.20. The van der Waals surface area contributed by atoms with Crippen LogP contribution in [0, 0.1) is 5.82 Å². The van der Waals surface area contributed by atoms with E-state index in [4.69, 9.17) is 4.74 Å². The number of hydrazine groups is 1. The second-order valence-electron chi connectivity index (χ2n) is 7.34. The third-order valence-electron chi connectivity index (χ3n) is 5.23. The fourth-order valence-electron chi connectivity index (χ4n) is 3.45. The maximum atomic E-state index is 13.7. The molecule has 1 fully saturated rings. The number of carbonyl (C=O) groups is 2. The van der Waals surface area contributed by atoms with Gasteiger partial charge in [-0.1, -0.05) is 24.3 Å². The lowest BCUT2D eigenvalue weighted by molar-refractivity contribution is -0.900. The second kappa shape index (κ2) is 11.1. The summed E-state index contributed by atoms with van der Waals surface area (Å²) in [4.78, 5) is 27.6. The molecular weight excluding hydrogens is 399 g/mol. The second-order valence-corrected chi connectivity index (χ2v) is 7.34. The van der Waals surface area contributed by atoms with E-state index in [0.717, 1.165) is 26.2 Å². The number of carbonyl (C=O) groups excluding carboxylic acids is 2. The average molecular weight is 428 g/mol. The van der Waals surface area contributed by atoms with E-state index in [9.17, 15) is 14.0 Å². The first-order chi connectivity index (χ1) is 15.0. The maximum absolute atomic E-state index is 13.7. The van der Waals surface area contributed by atoms with Crippen molar-refractivity contribution >= 4 is 23.6 Å². The van der Waals surface area contributed by atoms with Gasteiger partial charge in [-0.25, -0.2) is 4.39 Å². The quantitative estimate of drug-likeness (QED) is 0.451. The number of piperazine rings is 1. The molecule has 1 saturated heterocycles. The van der Waals surface area contributed by atoms with E-state index in [1.54, 1.807) is 6.07 Å². The van der Waals surface area contributed by atoms with Crippen LogP contribution in [0.1, 0.15) is 12.0 Å². The Bertz CT molecular complexity index is 912. The standard InChI is InChI=1S/C23H27FN4O3/c1-31-21-9-7-18(17-20(21)24)8-10-22(29)25-26-23(30)11-12-27-13-15-28(16-14-27)19-5-3-2-4-6-19/h2-10,17H,11-16H2,1H3,(H,25,29)(H,26,30)/p+1/b10-8+. The van der Waals surface area contributed by atoms with E-state index in [2.05, 4.69) is 27.9 Å². The number of rotatable bonds is 7. The Kier molecular flexibility index (Phi) is 8.00.